The maximum Gasteiger partial charge on any atom is 0.0591 e. The number of rotatable bonds is 11. The Bertz CT molecular complexity index is 136. The molecule has 2 nitrogen and oxygen atoms in total. The van der Waals surface area contributed by atoms with Crippen molar-refractivity contribution in [3.63, 3.8) is 0 Å². The molecule has 0 bridgehead atoms. The third-order valence-corrected chi connectivity index (χ3v) is 2.54. The zero-order valence-electron chi connectivity index (χ0n) is 10.4. The molecular weight excluding hydrogens is 186 g/mol. The summed E-state index contributed by atoms with van der Waals surface area (Å²) in [5, 5.41) is 3.53. The van der Waals surface area contributed by atoms with Crippen LogP contribution in [0.25, 0.3) is 0 Å². The fraction of sp³-hybridized carbons (Fsp3) is 0.846. The second-order valence-corrected chi connectivity index (χ2v) is 3.89. The van der Waals surface area contributed by atoms with Crippen LogP contribution in [0.5, 0.6) is 0 Å². The molecule has 2 heteroatoms. The predicted octanol–water partition coefficient (Wildman–Crippen LogP) is 3.14. The summed E-state index contributed by atoms with van der Waals surface area (Å²) in [6, 6.07) is 0.674. The van der Waals surface area contributed by atoms with Crippen LogP contribution in [0.2, 0.25) is 0 Å². The summed E-state index contributed by atoms with van der Waals surface area (Å²) in [5.74, 6) is 0. The Morgan fingerprint density at radius 3 is 2.73 bits per heavy atom. The van der Waals surface area contributed by atoms with Gasteiger partial charge < -0.3 is 10.1 Å². The second kappa shape index (κ2) is 11.7. The summed E-state index contributed by atoms with van der Waals surface area (Å²) < 4.78 is 5.44. The lowest BCUT2D eigenvalue weighted by Crippen LogP contribution is -2.31. The third kappa shape index (κ3) is 9.95. The summed E-state index contributed by atoms with van der Waals surface area (Å²) in [6.07, 6.45) is 7.96. The van der Waals surface area contributed by atoms with Gasteiger partial charge in [0.05, 0.1) is 13.2 Å². The first-order valence-corrected chi connectivity index (χ1v) is 6.27. The molecule has 0 aromatic carbocycles. The number of hydrogen-bond donors (Lipinski definition) is 1. The molecule has 0 aromatic heterocycles. The van der Waals surface area contributed by atoms with E-state index in [2.05, 4.69) is 25.7 Å². The molecule has 90 valence electrons. The molecule has 0 aromatic rings. The van der Waals surface area contributed by atoms with Crippen molar-refractivity contribution in [1.82, 2.24) is 5.32 Å². The van der Waals surface area contributed by atoms with Gasteiger partial charge in [-0.05, 0) is 19.3 Å². The zero-order valence-corrected chi connectivity index (χ0v) is 10.4. The van der Waals surface area contributed by atoms with Crippen molar-refractivity contribution < 1.29 is 4.74 Å². The van der Waals surface area contributed by atoms with Gasteiger partial charge in [-0.2, -0.15) is 0 Å². The largest absolute Gasteiger partial charge is 0.380 e. The average molecular weight is 213 g/mol. The summed E-state index contributed by atoms with van der Waals surface area (Å²) in [4.78, 5) is 0. The standard InChI is InChI=1S/C13H27NO/c1-4-7-9-13(6-3)14-10-12-15-11-8-5-2/h5,13-14H,2,4,6-12H2,1,3H3. The van der Waals surface area contributed by atoms with Crippen LogP contribution in [0.1, 0.15) is 46.0 Å². The van der Waals surface area contributed by atoms with E-state index in [0.29, 0.717) is 6.04 Å². The highest BCUT2D eigenvalue weighted by Gasteiger charge is 2.03. The van der Waals surface area contributed by atoms with E-state index in [1.54, 1.807) is 0 Å². The molecule has 0 aliphatic heterocycles. The molecule has 0 heterocycles. The highest BCUT2D eigenvalue weighted by molar-refractivity contribution is 4.66. The van der Waals surface area contributed by atoms with Crippen LogP contribution in [-0.2, 0) is 4.74 Å². The normalized spacial score (nSPS) is 12.7. The van der Waals surface area contributed by atoms with Gasteiger partial charge in [-0.1, -0.05) is 32.8 Å². The topological polar surface area (TPSA) is 21.3 Å². The van der Waals surface area contributed by atoms with Crippen molar-refractivity contribution in [3.8, 4) is 0 Å². The number of nitrogens with one attached hydrogen (secondary N) is 1. The van der Waals surface area contributed by atoms with E-state index in [1.807, 2.05) is 6.08 Å². The number of hydrogen-bond acceptors (Lipinski definition) is 2. The molecule has 15 heavy (non-hydrogen) atoms. The van der Waals surface area contributed by atoms with E-state index >= 15 is 0 Å². The van der Waals surface area contributed by atoms with E-state index < -0.39 is 0 Å². The van der Waals surface area contributed by atoms with Crippen LogP contribution >= 0.6 is 0 Å². The van der Waals surface area contributed by atoms with Crippen LogP contribution < -0.4 is 5.32 Å². The van der Waals surface area contributed by atoms with E-state index in [-0.39, 0.29) is 0 Å². The molecular formula is C13H27NO. The lowest BCUT2D eigenvalue weighted by Gasteiger charge is -2.16. The number of unbranched alkanes of at least 4 members (excludes halogenated alkanes) is 1. The lowest BCUT2D eigenvalue weighted by atomic mass is 10.1. The quantitative estimate of drug-likeness (QED) is 0.420. The minimum absolute atomic E-state index is 0.674. The van der Waals surface area contributed by atoms with Crippen LogP contribution in [0.4, 0.5) is 0 Å². The van der Waals surface area contributed by atoms with Crippen molar-refractivity contribution in [2.45, 2.75) is 52.0 Å². The molecule has 0 fully saturated rings. The van der Waals surface area contributed by atoms with Crippen molar-refractivity contribution in [1.29, 1.82) is 0 Å². The van der Waals surface area contributed by atoms with Gasteiger partial charge in [-0.15, -0.1) is 6.58 Å². The molecule has 1 unspecified atom stereocenters. The zero-order chi connectivity index (χ0) is 11.4. The van der Waals surface area contributed by atoms with E-state index in [1.165, 1.54) is 25.7 Å². The van der Waals surface area contributed by atoms with Crippen LogP contribution in [-0.4, -0.2) is 25.8 Å². The second-order valence-electron chi connectivity index (χ2n) is 3.89. The smallest absolute Gasteiger partial charge is 0.0591 e. The SMILES string of the molecule is C=CCCOCCNC(CC)CCCC. The van der Waals surface area contributed by atoms with Crippen LogP contribution in [0, 0.1) is 0 Å². The van der Waals surface area contributed by atoms with Crippen molar-refractivity contribution >= 4 is 0 Å². The first-order valence-electron chi connectivity index (χ1n) is 6.27. The lowest BCUT2D eigenvalue weighted by molar-refractivity contribution is 0.137. The molecule has 0 radical (unpaired) electrons. The van der Waals surface area contributed by atoms with Gasteiger partial charge in [0.1, 0.15) is 0 Å². The molecule has 0 saturated carbocycles. The monoisotopic (exact) mass is 213 g/mol. The Kier molecular flexibility index (Phi) is 11.5. The van der Waals surface area contributed by atoms with E-state index in [0.717, 1.165) is 26.2 Å². The maximum absolute atomic E-state index is 5.44. The molecule has 1 atom stereocenters. The summed E-state index contributed by atoms with van der Waals surface area (Å²) >= 11 is 0. The van der Waals surface area contributed by atoms with Gasteiger partial charge in [-0.3, -0.25) is 0 Å². The van der Waals surface area contributed by atoms with Gasteiger partial charge in [-0.25, -0.2) is 0 Å². The summed E-state index contributed by atoms with van der Waals surface area (Å²) in [6.45, 7) is 10.7. The predicted molar refractivity (Wildman–Crippen MR) is 67.2 cm³/mol. The average Bonchev–Trinajstić information content (AvgIpc) is 2.27. The minimum atomic E-state index is 0.674. The fourth-order valence-electron chi connectivity index (χ4n) is 1.50. The first kappa shape index (κ1) is 14.7. The number of ether oxygens (including phenoxy) is 1. The molecule has 1 N–H and O–H groups in total. The van der Waals surface area contributed by atoms with Gasteiger partial charge in [0.2, 0.25) is 0 Å². The Balaban J connectivity index is 3.25. The fourth-order valence-corrected chi connectivity index (χ4v) is 1.50. The molecule has 0 amide bonds. The molecule has 0 spiro atoms. The van der Waals surface area contributed by atoms with Crippen LogP contribution in [0.3, 0.4) is 0 Å². The van der Waals surface area contributed by atoms with Crippen molar-refractivity contribution in [2.24, 2.45) is 0 Å². The van der Waals surface area contributed by atoms with E-state index in [4.69, 9.17) is 4.74 Å². The molecule has 0 rings (SSSR count). The van der Waals surface area contributed by atoms with Crippen LogP contribution in [0.15, 0.2) is 12.7 Å². The minimum Gasteiger partial charge on any atom is -0.380 e. The molecule has 0 aliphatic carbocycles. The van der Waals surface area contributed by atoms with Gasteiger partial charge in [0.25, 0.3) is 0 Å². The Labute approximate surface area is 95.1 Å². The summed E-state index contributed by atoms with van der Waals surface area (Å²) in [7, 11) is 0. The highest BCUT2D eigenvalue weighted by Crippen LogP contribution is 2.03. The Morgan fingerprint density at radius 2 is 2.13 bits per heavy atom. The molecule has 0 saturated heterocycles. The first-order chi connectivity index (χ1) is 7.35. The Hall–Kier alpha value is -0.340. The van der Waals surface area contributed by atoms with Gasteiger partial charge in [0.15, 0.2) is 0 Å². The highest BCUT2D eigenvalue weighted by atomic mass is 16.5. The van der Waals surface area contributed by atoms with Crippen molar-refractivity contribution in [3.05, 3.63) is 12.7 Å². The van der Waals surface area contributed by atoms with Gasteiger partial charge in [0, 0.05) is 12.6 Å². The van der Waals surface area contributed by atoms with E-state index in [9.17, 15) is 0 Å². The maximum atomic E-state index is 5.44. The van der Waals surface area contributed by atoms with Gasteiger partial charge >= 0.3 is 0 Å². The Morgan fingerprint density at radius 1 is 1.33 bits per heavy atom. The third-order valence-electron chi connectivity index (χ3n) is 2.54. The molecule has 0 aliphatic rings. The summed E-state index contributed by atoms with van der Waals surface area (Å²) in [5.41, 5.74) is 0. The van der Waals surface area contributed by atoms with Crippen molar-refractivity contribution in [2.75, 3.05) is 19.8 Å².